The fourth-order valence-corrected chi connectivity index (χ4v) is 4.62. The van der Waals surface area contributed by atoms with Gasteiger partial charge in [0.1, 0.15) is 17.5 Å². The van der Waals surface area contributed by atoms with Crippen LogP contribution in [0, 0.1) is 0 Å². The first-order valence-electron chi connectivity index (χ1n) is 12.0. The minimum absolute atomic E-state index is 0.0636. The fraction of sp³-hybridized carbons (Fsp3) is 0.133. The quantitative estimate of drug-likeness (QED) is 0.319. The van der Waals surface area contributed by atoms with E-state index in [4.69, 9.17) is 4.74 Å². The molecule has 1 atom stereocenters. The molecule has 8 heteroatoms. The van der Waals surface area contributed by atoms with Gasteiger partial charge in [0.15, 0.2) is 0 Å². The summed E-state index contributed by atoms with van der Waals surface area (Å²) >= 11 is 0. The first-order valence-corrected chi connectivity index (χ1v) is 12.0. The van der Waals surface area contributed by atoms with E-state index in [0.29, 0.717) is 16.5 Å². The van der Waals surface area contributed by atoms with E-state index in [2.05, 4.69) is 22.4 Å². The maximum atomic E-state index is 13.1. The molecule has 0 fully saturated rings. The number of hydrogen-bond acceptors (Lipinski definition) is 6. The molecule has 0 saturated carbocycles. The second-order valence-electron chi connectivity index (χ2n) is 9.06. The van der Waals surface area contributed by atoms with Gasteiger partial charge in [-0.25, -0.2) is 14.6 Å². The number of rotatable bonds is 7. The van der Waals surface area contributed by atoms with Crippen molar-refractivity contribution in [3.63, 3.8) is 0 Å². The number of methoxy groups -OCH3 is 1. The summed E-state index contributed by atoms with van der Waals surface area (Å²) in [6.07, 6.45) is 2.94. The Kier molecular flexibility index (Phi) is 6.62. The summed E-state index contributed by atoms with van der Waals surface area (Å²) in [5.74, 6) is -2.49. The van der Waals surface area contributed by atoms with Gasteiger partial charge in [-0.05, 0) is 64.6 Å². The molecular weight excluding hydrogens is 484 g/mol. The third-order valence-electron chi connectivity index (χ3n) is 6.58. The summed E-state index contributed by atoms with van der Waals surface area (Å²) in [4.78, 5) is 42.1. The van der Waals surface area contributed by atoms with E-state index < -0.39 is 23.9 Å². The predicted molar refractivity (Wildman–Crippen MR) is 142 cm³/mol. The molecule has 5 rings (SSSR count). The van der Waals surface area contributed by atoms with Crippen LogP contribution in [0.1, 0.15) is 43.1 Å². The molecule has 1 amide bonds. The molecule has 190 valence electrons. The zero-order chi connectivity index (χ0) is 26.8. The molecule has 1 heterocycles. The lowest BCUT2D eigenvalue weighted by Gasteiger charge is -2.17. The van der Waals surface area contributed by atoms with Crippen LogP contribution < -0.4 is 5.32 Å². The van der Waals surface area contributed by atoms with Crippen molar-refractivity contribution in [3.05, 3.63) is 106 Å². The van der Waals surface area contributed by atoms with Crippen molar-refractivity contribution in [1.82, 2.24) is 10.3 Å². The number of carboxylic acids is 1. The third kappa shape index (κ3) is 4.97. The number of aromatic carboxylic acids is 1. The highest BCUT2D eigenvalue weighted by molar-refractivity contribution is 6.07. The van der Waals surface area contributed by atoms with Gasteiger partial charge in [-0.1, -0.05) is 48.5 Å². The molecule has 1 aliphatic carbocycles. The first-order chi connectivity index (χ1) is 18.3. The van der Waals surface area contributed by atoms with Crippen molar-refractivity contribution in [2.75, 3.05) is 7.11 Å². The molecule has 1 aliphatic rings. The number of carbonyl (C=O) groups is 3. The van der Waals surface area contributed by atoms with E-state index in [1.54, 1.807) is 24.3 Å². The summed E-state index contributed by atoms with van der Waals surface area (Å²) in [5, 5.41) is 22.5. The van der Waals surface area contributed by atoms with Gasteiger partial charge in [0.05, 0.1) is 18.2 Å². The highest BCUT2D eigenvalue weighted by Gasteiger charge is 2.25. The van der Waals surface area contributed by atoms with E-state index in [-0.39, 0.29) is 23.4 Å². The number of hydrogen-bond donors (Lipinski definition) is 3. The number of phenolic OH excluding ortho intramolecular Hbond substituents is 1. The predicted octanol–water partition coefficient (Wildman–Crippen LogP) is 4.25. The number of esters is 1. The number of ether oxygens (including phenoxy) is 1. The van der Waals surface area contributed by atoms with E-state index in [0.717, 1.165) is 23.1 Å². The van der Waals surface area contributed by atoms with Gasteiger partial charge in [0.2, 0.25) is 0 Å². The van der Waals surface area contributed by atoms with Crippen molar-refractivity contribution in [3.8, 4) is 5.75 Å². The second-order valence-corrected chi connectivity index (χ2v) is 9.06. The van der Waals surface area contributed by atoms with Crippen LogP contribution in [0.4, 0.5) is 0 Å². The van der Waals surface area contributed by atoms with Crippen molar-refractivity contribution in [2.24, 2.45) is 0 Å². The van der Waals surface area contributed by atoms with Gasteiger partial charge in [0, 0.05) is 11.8 Å². The van der Waals surface area contributed by atoms with E-state index in [1.165, 1.54) is 30.9 Å². The highest BCUT2D eigenvalue weighted by Crippen LogP contribution is 2.33. The molecule has 0 aliphatic heterocycles. The number of pyridine rings is 1. The monoisotopic (exact) mass is 508 g/mol. The Labute approximate surface area is 218 Å². The summed E-state index contributed by atoms with van der Waals surface area (Å²) < 4.78 is 4.84. The molecule has 0 saturated heterocycles. The molecule has 38 heavy (non-hydrogen) atoms. The maximum absolute atomic E-state index is 13.1. The standard InChI is InChI=1S/C30H24N2O6/c1-38-30(37)27(12-17-6-9-22(33)10-7-17)32-28(34)26-16-24(29(35)36)23-15-20(8-11-25(23)31-26)21-13-18-4-2-3-5-19(18)14-21/h2-11,13,15-16,27,33H,12,14H2,1H3,(H,32,34)(H,35,36)/t27-/m0/s1. The molecule has 0 spiro atoms. The SMILES string of the molecule is COC(=O)[C@H](Cc1ccc(O)cc1)NC(=O)c1cc(C(=O)O)c2cc(C3=Cc4ccccc4C3)ccc2n1. The lowest BCUT2D eigenvalue weighted by atomic mass is 9.99. The van der Waals surface area contributed by atoms with Crippen molar-refractivity contribution >= 4 is 40.4 Å². The number of allylic oxidation sites excluding steroid dienone is 1. The van der Waals surface area contributed by atoms with Crippen LogP contribution in [0.5, 0.6) is 5.75 Å². The molecule has 1 aromatic heterocycles. The largest absolute Gasteiger partial charge is 0.508 e. The molecule has 3 N–H and O–H groups in total. The molecule has 3 aromatic carbocycles. The van der Waals surface area contributed by atoms with Crippen molar-refractivity contribution < 1.29 is 29.3 Å². The second kappa shape index (κ2) is 10.2. The zero-order valence-corrected chi connectivity index (χ0v) is 20.5. The summed E-state index contributed by atoms with van der Waals surface area (Å²) in [5.41, 5.74) is 5.14. The molecule has 8 nitrogen and oxygen atoms in total. The van der Waals surface area contributed by atoms with Crippen molar-refractivity contribution in [2.45, 2.75) is 18.9 Å². The highest BCUT2D eigenvalue weighted by atomic mass is 16.5. The number of amides is 1. The van der Waals surface area contributed by atoms with Crippen LogP contribution in [-0.2, 0) is 22.4 Å². The number of aromatic nitrogens is 1. The molecule has 4 aromatic rings. The zero-order valence-electron chi connectivity index (χ0n) is 20.5. The van der Waals surface area contributed by atoms with Crippen LogP contribution in [-0.4, -0.2) is 46.2 Å². The lowest BCUT2D eigenvalue weighted by molar-refractivity contribution is -0.142. The Bertz CT molecular complexity index is 1610. The smallest absolute Gasteiger partial charge is 0.336 e. The van der Waals surface area contributed by atoms with Gasteiger partial charge in [0.25, 0.3) is 5.91 Å². The van der Waals surface area contributed by atoms with Crippen molar-refractivity contribution in [1.29, 1.82) is 0 Å². The number of nitrogens with one attached hydrogen (secondary N) is 1. The Balaban J connectivity index is 1.45. The number of benzene rings is 3. The number of phenols is 1. The van der Waals surface area contributed by atoms with Crippen LogP contribution in [0.3, 0.4) is 0 Å². The average molecular weight is 509 g/mol. The topological polar surface area (TPSA) is 126 Å². The molecule has 0 bridgehead atoms. The molecule has 0 radical (unpaired) electrons. The molecular formula is C30H24N2O6. The Hall–Kier alpha value is -4.98. The van der Waals surface area contributed by atoms with Crippen LogP contribution in [0.25, 0.3) is 22.6 Å². The minimum atomic E-state index is -1.19. The number of aromatic hydroxyl groups is 1. The summed E-state index contributed by atoms with van der Waals surface area (Å²) in [6, 6.07) is 19.8. The average Bonchev–Trinajstić information content (AvgIpc) is 3.36. The maximum Gasteiger partial charge on any atom is 0.336 e. The Morgan fingerprint density at radius 1 is 1.03 bits per heavy atom. The number of carboxylic acid groups (broad SMARTS) is 1. The lowest BCUT2D eigenvalue weighted by Crippen LogP contribution is -2.43. The van der Waals surface area contributed by atoms with Crippen LogP contribution in [0.2, 0.25) is 0 Å². The normalized spacial score (nSPS) is 12.9. The number of nitrogens with zero attached hydrogens (tertiary/aromatic N) is 1. The van der Waals surface area contributed by atoms with Gasteiger partial charge in [-0.2, -0.15) is 0 Å². The minimum Gasteiger partial charge on any atom is -0.508 e. The van der Waals surface area contributed by atoms with E-state index in [9.17, 15) is 24.6 Å². The van der Waals surface area contributed by atoms with Gasteiger partial charge in [-0.3, -0.25) is 4.79 Å². The third-order valence-corrected chi connectivity index (χ3v) is 6.58. The summed E-state index contributed by atoms with van der Waals surface area (Å²) in [6.45, 7) is 0. The fourth-order valence-electron chi connectivity index (χ4n) is 4.62. The first kappa shape index (κ1) is 24.7. The molecule has 0 unspecified atom stereocenters. The number of fused-ring (bicyclic) bond motifs is 2. The van der Waals surface area contributed by atoms with E-state index >= 15 is 0 Å². The number of carbonyl (C=O) groups excluding carboxylic acids is 2. The van der Waals surface area contributed by atoms with Gasteiger partial charge < -0.3 is 20.3 Å². The van der Waals surface area contributed by atoms with Crippen LogP contribution in [0.15, 0.2) is 72.8 Å². The van der Waals surface area contributed by atoms with Gasteiger partial charge >= 0.3 is 11.9 Å². The Morgan fingerprint density at radius 2 is 1.79 bits per heavy atom. The van der Waals surface area contributed by atoms with E-state index in [1.807, 2.05) is 24.3 Å². The Morgan fingerprint density at radius 3 is 2.50 bits per heavy atom. The summed E-state index contributed by atoms with van der Waals surface area (Å²) in [7, 11) is 1.21. The van der Waals surface area contributed by atoms with Gasteiger partial charge in [-0.15, -0.1) is 0 Å². The van der Waals surface area contributed by atoms with Crippen LogP contribution >= 0.6 is 0 Å².